The molecule has 0 bridgehead atoms. The van der Waals surface area contributed by atoms with Gasteiger partial charge in [0.25, 0.3) is 0 Å². The second-order valence-electron chi connectivity index (χ2n) is 4.92. The summed E-state index contributed by atoms with van der Waals surface area (Å²) in [4.78, 5) is 1.31. The van der Waals surface area contributed by atoms with Crippen LogP contribution in [0.4, 0.5) is 13.2 Å². The minimum Gasteiger partial charge on any atom is -0.295 e. The van der Waals surface area contributed by atoms with E-state index in [0.29, 0.717) is 16.8 Å². The van der Waals surface area contributed by atoms with Gasteiger partial charge in [0, 0.05) is 13.1 Å². The number of hydrogen-bond acceptors (Lipinski definition) is 4. The van der Waals surface area contributed by atoms with E-state index in [9.17, 15) is 21.6 Å². The molecule has 1 atom stereocenters. The first-order valence-corrected chi connectivity index (χ1v) is 9.29. The maximum absolute atomic E-state index is 12.3. The molecule has 21 heavy (non-hydrogen) atoms. The lowest BCUT2D eigenvalue weighted by atomic mass is 10.1. The molecule has 1 aromatic heterocycles. The quantitative estimate of drug-likeness (QED) is 0.817. The van der Waals surface area contributed by atoms with Gasteiger partial charge in [-0.2, -0.15) is 13.2 Å². The number of alkyl halides is 3. The van der Waals surface area contributed by atoms with Crippen LogP contribution < -0.4 is 4.72 Å². The topological polar surface area (TPSA) is 49.4 Å². The predicted molar refractivity (Wildman–Crippen MR) is 77.8 cm³/mol. The molecule has 0 radical (unpaired) electrons. The third-order valence-electron chi connectivity index (χ3n) is 3.15. The Labute approximate surface area is 133 Å². The first-order valence-electron chi connectivity index (χ1n) is 6.20. The van der Waals surface area contributed by atoms with Crippen molar-refractivity contribution in [3.63, 3.8) is 0 Å². The Hall–Kier alpha value is -0.160. The lowest BCUT2D eigenvalue weighted by molar-refractivity contribution is -0.143. The van der Waals surface area contributed by atoms with E-state index in [2.05, 4.69) is 20.7 Å². The molecular weight excluding hydrogens is 393 g/mol. The van der Waals surface area contributed by atoms with E-state index in [1.165, 1.54) is 11.0 Å². The number of rotatable bonds is 5. The summed E-state index contributed by atoms with van der Waals surface area (Å²) in [5.41, 5.74) is 0. The van der Waals surface area contributed by atoms with E-state index in [0.717, 1.165) is 11.3 Å². The highest BCUT2D eigenvalue weighted by atomic mass is 79.9. The monoisotopic (exact) mass is 406 g/mol. The fraction of sp³-hybridized carbons (Fsp3) is 0.636. The first kappa shape index (κ1) is 17.2. The van der Waals surface area contributed by atoms with E-state index in [1.54, 1.807) is 6.07 Å². The molecule has 0 aliphatic carbocycles. The van der Waals surface area contributed by atoms with Crippen LogP contribution in [0.1, 0.15) is 6.42 Å². The third kappa shape index (κ3) is 5.20. The molecule has 4 nitrogen and oxygen atoms in total. The minimum atomic E-state index is -4.21. The fourth-order valence-corrected chi connectivity index (χ4v) is 5.39. The highest BCUT2D eigenvalue weighted by Gasteiger charge is 2.34. The van der Waals surface area contributed by atoms with Crippen LogP contribution in [0.2, 0.25) is 0 Å². The van der Waals surface area contributed by atoms with Gasteiger partial charge in [-0.15, -0.1) is 11.3 Å². The van der Waals surface area contributed by atoms with Crippen LogP contribution in [0, 0.1) is 5.92 Å². The van der Waals surface area contributed by atoms with Crippen LogP contribution in [-0.4, -0.2) is 45.7 Å². The summed E-state index contributed by atoms with van der Waals surface area (Å²) in [5.74, 6) is -0.0921. The second kappa shape index (κ2) is 6.53. The van der Waals surface area contributed by atoms with Gasteiger partial charge in [0.1, 0.15) is 4.21 Å². The molecule has 1 aromatic rings. The van der Waals surface area contributed by atoms with Crippen molar-refractivity contribution < 1.29 is 21.6 Å². The molecule has 120 valence electrons. The lowest BCUT2D eigenvalue weighted by Crippen LogP contribution is -2.34. The molecule has 1 aliphatic heterocycles. The normalized spacial score (nSPS) is 21.0. The van der Waals surface area contributed by atoms with Crippen molar-refractivity contribution in [3.05, 3.63) is 15.9 Å². The van der Waals surface area contributed by atoms with Crippen molar-refractivity contribution in [1.29, 1.82) is 0 Å². The van der Waals surface area contributed by atoms with Gasteiger partial charge >= 0.3 is 6.18 Å². The standard InChI is InChI=1S/C11H14BrF3N2O2S2/c12-9-1-2-10(20-9)21(18,19)16-5-8-3-4-17(6-8)7-11(13,14)15/h1-2,8,16H,3-7H2. The summed E-state index contributed by atoms with van der Waals surface area (Å²) in [5, 5.41) is 0. The number of thiophene rings is 1. The fourth-order valence-electron chi connectivity index (χ4n) is 2.22. The Morgan fingerprint density at radius 3 is 2.71 bits per heavy atom. The van der Waals surface area contributed by atoms with Crippen LogP contribution in [0.15, 0.2) is 20.1 Å². The summed E-state index contributed by atoms with van der Waals surface area (Å²) >= 11 is 4.28. The SMILES string of the molecule is O=S(=O)(NCC1CCN(CC(F)(F)F)C1)c1ccc(Br)s1. The van der Waals surface area contributed by atoms with Crippen molar-refractivity contribution in [1.82, 2.24) is 9.62 Å². The van der Waals surface area contributed by atoms with E-state index in [4.69, 9.17) is 0 Å². The Balaban J connectivity index is 1.84. The molecule has 10 heteroatoms. The Morgan fingerprint density at radius 1 is 1.43 bits per heavy atom. The number of sulfonamides is 1. The van der Waals surface area contributed by atoms with Gasteiger partial charge in [-0.25, -0.2) is 13.1 Å². The minimum absolute atomic E-state index is 0.0921. The largest absolute Gasteiger partial charge is 0.401 e. The molecule has 0 saturated carbocycles. The smallest absolute Gasteiger partial charge is 0.295 e. The predicted octanol–water partition coefficient (Wildman–Crippen LogP) is 2.67. The number of hydrogen-bond donors (Lipinski definition) is 1. The summed E-state index contributed by atoms with van der Waals surface area (Å²) in [6.45, 7) is -0.174. The molecule has 0 aromatic carbocycles. The zero-order valence-corrected chi connectivity index (χ0v) is 14.1. The highest BCUT2D eigenvalue weighted by Crippen LogP contribution is 2.26. The Kier molecular flexibility index (Phi) is 5.35. The number of halogens is 4. The van der Waals surface area contributed by atoms with Gasteiger partial charge in [-0.1, -0.05) is 0 Å². The molecule has 0 amide bonds. The second-order valence-corrected chi connectivity index (χ2v) is 9.37. The van der Waals surface area contributed by atoms with Crippen molar-refractivity contribution in [2.75, 3.05) is 26.2 Å². The van der Waals surface area contributed by atoms with Crippen molar-refractivity contribution in [2.24, 2.45) is 5.92 Å². The van der Waals surface area contributed by atoms with Crippen molar-refractivity contribution in [3.8, 4) is 0 Å². The van der Waals surface area contributed by atoms with Gasteiger partial charge in [0.05, 0.1) is 10.3 Å². The molecule has 1 aliphatic rings. The van der Waals surface area contributed by atoms with Crippen LogP contribution in [-0.2, 0) is 10.0 Å². The van der Waals surface area contributed by atoms with Gasteiger partial charge < -0.3 is 0 Å². The Bertz CT molecular complexity index is 589. The van der Waals surface area contributed by atoms with E-state index >= 15 is 0 Å². The third-order valence-corrected chi connectivity index (χ3v) is 6.69. The molecule has 1 fully saturated rings. The molecule has 1 unspecified atom stereocenters. The average Bonchev–Trinajstić information content (AvgIpc) is 2.94. The molecule has 2 rings (SSSR count). The molecule has 2 heterocycles. The average molecular weight is 407 g/mol. The number of nitrogens with zero attached hydrogens (tertiary/aromatic N) is 1. The highest BCUT2D eigenvalue weighted by molar-refractivity contribution is 9.11. The van der Waals surface area contributed by atoms with Crippen LogP contribution in [0.25, 0.3) is 0 Å². The molecule has 1 saturated heterocycles. The summed E-state index contributed by atoms with van der Waals surface area (Å²) in [7, 11) is -3.58. The first-order chi connectivity index (χ1) is 9.66. The van der Waals surface area contributed by atoms with Crippen LogP contribution in [0.3, 0.4) is 0 Å². The van der Waals surface area contributed by atoms with Gasteiger partial charge in [-0.05, 0) is 46.9 Å². The summed E-state index contributed by atoms with van der Waals surface area (Å²) in [6.07, 6.45) is -3.65. The maximum atomic E-state index is 12.3. The zero-order valence-electron chi connectivity index (χ0n) is 10.9. The number of likely N-dealkylation sites (tertiary alicyclic amines) is 1. The lowest BCUT2D eigenvalue weighted by Gasteiger charge is -2.17. The van der Waals surface area contributed by atoms with Gasteiger partial charge in [0.2, 0.25) is 10.0 Å². The van der Waals surface area contributed by atoms with Crippen molar-refractivity contribution in [2.45, 2.75) is 16.8 Å². The van der Waals surface area contributed by atoms with E-state index < -0.39 is 22.7 Å². The summed E-state index contributed by atoms with van der Waals surface area (Å²) in [6, 6.07) is 3.13. The Morgan fingerprint density at radius 2 is 2.14 bits per heavy atom. The van der Waals surface area contributed by atoms with E-state index in [-0.39, 0.29) is 23.2 Å². The zero-order chi connectivity index (χ0) is 15.7. The van der Waals surface area contributed by atoms with Gasteiger partial charge in [-0.3, -0.25) is 4.90 Å². The van der Waals surface area contributed by atoms with Crippen LogP contribution in [0.5, 0.6) is 0 Å². The number of nitrogens with one attached hydrogen (secondary N) is 1. The van der Waals surface area contributed by atoms with Crippen molar-refractivity contribution >= 4 is 37.3 Å². The van der Waals surface area contributed by atoms with E-state index in [1.807, 2.05) is 0 Å². The van der Waals surface area contributed by atoms with Crippen LogP contribution >= 0.6 is 27.3 Å². The van der Waals surface area contributed by atoms with Gasteiger partial charge in [0.15, 0.2) is 0 Å². The maximum Gasteiger partial charge on any atom is 0.401 e. The molecule has 0 spiro atoms. The molecule has 1 N–H and O–H groups in total. The summed E-state index contributed by atoms with van der Waals surface area (Å²) < 4.78 is 64.2. The molecular formula is C11H14BrF3N2O2S2.